The second-order valence-electron chi connectivity index (χ2n) is 5.24. The van der Waals surface area contributed by atoms with Gasteiger partial charge in [0.05, 0.1) is 16.2 Å². The minimum atomic E-state index is 0.377. The highest BCUT2D eigenvalue weighted by Gasteiger charge is 2.16. The molecule has 0 spiro atoms. The zero-order valence-electron chi connectivity index (χ0n) is 12.3. The predicted molar refractivity (Wildman–Crippen MR) is 87.7 cm³/mol. The SMILES string of the molecule is CCn1nc(CN(CC(N)=S)C(C)C)c2ccccc21. The Bertz CT molecular complexity index is 603. The maximum absolute atomic E-state index is 5.69. The van der Waals surface area contributed by atoms with Crippen LogP contribution >= 0.6 is 12.2 Å². The molecule has 4 nitrogen and oxygen atoms in total. The van der Waals surface area contributed by atoms with Crippen LogP contribution in [0.1, 0.15) is 26.5 Å². The third-order valence-corrected chi connectivity index (χ3v) is 3.61. The topological polar surface area (TPSA) is 47.1 Å². The second-order valence-corrected chi connectivity index (χ2v) is 5.77. The molecule has 1 heterocycles. The maximum Gasteiger partial charge on any atom is 0.0870 e. The van der Waals surface area contributed by atoms with Crippen molar-refractivity contribution < 1.29 is 0 Å². The number of thiocarbonyl (C=S) groups is 1. The van der Waals surface area contributed by atoms with Crippen LogP contribution in [0.15, 0.2) is 24.3 Å². The quantitative estimate of drug-likeness (QED) is 0.831. The highest BCUT2D eigenvalue weighted by Crippen LogP contribution is 2.20. The Morgan fingerprint density at radius 2 is 2.10 bits per heavy atom. The van der Waals surface area contributed by atoms with Gasteiger partial charge < -0.3 is 5.73 Å². The van der Waals surface area contributed by atoms with Crippen LogP contribution < -0.4 is 5.73 Å². The van der Waals surface area contributed by atoms with Crippen molar-refractivity contribution in [3.8, 4) is 0 Å². The molecule has 20 heavy (non-hydrogen) atoms. The van der Waals surface area contributed by atoms with E-state index in [0.717, 1.165) is 18.8 Å². The Kier molecular flexibility index (Phi) is 4.73. The van der Waals surface area contributed by atoms with Crippen LogP contribution in [0.5, 0.6) is 0 Å². The Balaban J connectivity index is 2.34. The van der Waals surface area contributed by atoms with Gasteiger partial charge in [0.2, 0.25) is 0 Å². The monoisotopic (exact) mass is 290 g/mol. The first kappa shape index (κ1) is 14.9. The zero-order valence-corrected chi connectivity index (χ0v) is 13.2. The maximum atomic E-state index is 5.69. The fourth-order valence-corrected chi connectivity index (χ4v) is 2.53. The molecule has 0 aliphatic rings. The van der Waals surface area contributed by atoms with Gasteiger partial charge in [0.1, 0.15) is 0 Å². The van der Waals surface area contributed by atoms with Gasteiger partial charge in [-0.3, -0.25) is 9.58 Å². The molecule has 2 rings (SSSR count). The molecule has 0 amide bonds. The van der Waals surface area contributed by atoms with Gasteiger partial charge in [-0.25, -0.2) is 0 Å². The van der Waals surface area contributed by atoms with E-state index in [4.69, 9.17) is 23.1 Å². The van der Waals surface area contributed by atoms with Crippen LogP contribution in [0.4, 0.5) is 0 Å². The molecule has 2 aromatic rings. The Labute approximate surface area is 125 Å². The number of nitrogens with two attached hydrogens (primary N) is 1. The number of aryl methyl sites for hydroxylation is 1. The molecule has 0 bridgehead atoms. The van der Waals surface area contributed by atoms with Gasteiger partial charge in [-0.2, -0.15) is 5.10 Å². The fourth-order valence-electron chi connectivity index (χ4n) is 2.37. The van der Waals surface area contributed by atoms with Crippen LogP contribution in [0.2, 0.25) is 0 Å². The summed E-state index contributed by atoms with van der Waals surface area (Å²) in [6.45, 7) is 8.67. The molecule has 1 aromatic carbocycles. The Morgan fingerprint density at radius 3 is 2.70 bits per heavy atom. The molecule has 1 aromatic heterocycles. The molecule has 2 N–H and O–H groups in total. The summed E-state index contributed by atoms with van der Waals surface area (Å²) in [4.78, 5) is 2.77. The lowest BCUT2D eigenvalue weighted by Crippen LogP contribution is -2.37. The first-order chi connectivity index (χ1) is 9.52. The summed E-state index contributed by atoms with van der Waals surface area (Å²) in [7, 11) is 0. The number of aromatic nitrogens is 2. The summed E-state index contributed by atoms with van der Waals surface area (Å²) < 4.78 is 2.05. The number of hydrogen-bond acceptors (Lipinski definition) is 3. The number of nitrogens with zero attached hydrogens (tertiary/aromatic N) is 3. The zero-order chi connectivity index (χ0) is 14.7. The minimum Gasteiger partial charge on any atom is -0.392 e. The average Bonchev–Trinajstić information content (AvgIpc) is 2.76. The Hall–Kier alpha value is -1.46. The van der Waals surface area contributed by atoms with Gasteiger partial charge >= 0.3 is 0 Å². The molecule has 0 saturated carbocycles. The van der Waals surface area contributed by atoms with E-state index in [1.165, 1.54) is 10.9 Å². The highest BCUT2D eigenvalue weighted by atomic mass is 32.1. The number of hydrogen-bond donors (Lipinski definition) is 1. The molecule has 0 atom stereocenters. The molecular weight excluding hydrogens is 268 g/mol. The van der Waals surface area contributed by atoms with E-state index in [1.807, 2.05) is 4.68 Å². The third kappa shape index (κ3) is 3.16. The highest BCUT2D eigenvalue weighted by molar-refractivity contribution is 7.80. The lowest BCUT2D eigenvalue weighted by molar-refractivity contribution is 0.242. The van der Waals surface area contributed by atoms with E-state index in [0.29, 0.717) is 17.6 Å². The van der Waals surface area contributed by atoms with E-state index in [-0.39, 0.29) is 0 Å². The van der Waals surface area contributed by atoms with Crippen molar-refractivity contribution in [1.29, 1.82) is 0 Å². The summed E-state index contributed by atoms with van der Waals surface area (Å²) in [6, 6.07) is 8.73. The van der Waals surface area contributed by atoms with Crippen LogP contribution in [0.25, 0.3) is 10.9 Å². The lowest BCUT2D eigenvalue weighted by Gasteiger charge is -2.25. The van der Waals surface area contributed by atoms with Gasteiger partial charge in [-0.15, -0.1) is 0 Å². The van der Waals surface area contributed by atoms with E-state index < -0.39 is 0 Å². The molecule has 108 valence electrons. The van der Waals surface area contributed by atoms with E-state index >= 15 is 0 Å². The molecular formula is C15H22N4S. The second kappa shape index (κ2) is 6.33. The fraction of sp³-hybridized carbons (Fsp3) is 0.467. The number of para-hydroxylation sites is 1. The minimum absolute atomic E-state index is 0.377. The van der Waals surface area contributed by atoms with Crippen molar-refractivity contribution in [2.75, 3.05) is 6.54 Å². The van der Waals surface area contributed by atoms with Crippen molar-refractivity contribution in [3.63, 3.8) is 0 Å². The lowest BCUT2D eigenvalue weighted by atomic mass is 10.2. The number of fused-ring (bicyclic) bond motifs is 1. The molecule has 0 fully saturated rings. The van der Waals surface area contributed by atoms with Crippen molar-refractivity contribution in [2.45, 2.75) is 39.9 Å². The molecule has 0 unspecified atom stereocenters. The third-order valence-electron chi connectivity index (χ3n) is 3.48. The van der Waals surface area contributed by atoms with Gasteiger partial charge in [0, 0.05) is 31.1 Å². The Morgan fingerprint density at radius 1 is 1.40 bits per heavy atom. The summed E-state index contributed by atoms with van der Waals surface area (Å²) in [5, 5.41) is 5.94. The van der Waals surface area contributed by atoms with Gasteiger partial charge in [-0.1, -0.05) is 30.4 Å². The molecule has 0 aliphatic carbocycles. The molecule has 0 aliphatic heterocycles. The summed E-state index contributed by atoms with van der Waals surface area (Å²) in [6.07, 6.45) is 0. The van der Waals surface area contributed by atoms with Gasteiger partial charge in [-0.05, 0) is 26.8 Å². The van der Waals surface area contributed by atoms with Crippen LogP contribution in [-0.2, 0) is 13.1 Å². The molecule has 0 radical (unpaired) electrons. The van der Waals surface area contributed by atoms with Crippen LogP contribution in [-0.4, -0.2) is 32.3 Å². The van der Waals surface area contributed by atoms with Gasteiger partial charge in [0.15, 0.2) is 0 Å². The van der Waals surface area contributed by atoms with Crippen LogP contribution in [0, 0.1) is 0 Å². The normalized spacial score (nSPS) is 11.7. The number of benzene rings is 1. The standard InChI is InChI=1S/C15H22N4S/c1-4-19-14-8-6-5-7-12(14)13(17-19)9-18(11(2)3)10-15(16)20/h5-8,11H,4,9-10H2,1-3H3,(H2,16,20). The predicted octanol–water partition coefficient (Wildman–Crippen LogP) is 2.55. The first-order valence-electron chi connectivity index (χ1n) is 6.99. The van der Waals surface area contributed by atoms with E-state index in [2.05, 4.69) is 49.9 Å². The molecule has 0 saturated heterocycles. The summed E-state index contributed by atoms with van der Waals surface area (Å²) in [5.41, 5.74) is 7.97. The average molecular weight is 290 g/mol. The van der Waals surface area contributed by atoms with Crippen molar-refractivity contribution in [2.24, 2.45) is 5.73 Å². The number of rotatable bonds is 6. The molecule has 5 heteroatoms. The van der Waals surface area contributed by atoms with Crippen molar-refractivity contribution >= 4 is 28.1 Å². The first-order valence-corrected chi connectivity index (χ1v) is 7.40. The van der Waals surface area contributed by atoms with Crippen molar-refractivity contribution in [3.05, 3.63) is 30.0 Å². The van der Waals surface area contributed by atoms with Crippen molar-refractivity contribution in [1.82, 2.24) is 14.7 Å². The summed E-state index contributed by atoms with van der Waals surface area (Å²) >= 11 is 5.04. The van der Waals surface area contributed by atoms with E-state index in [9.17, 15) is 0 Å². The summed E-state index contributed by atoms with van der Waals surface area (Å²) in [5.74, 6) is 0. The largest absolute Gasteiger partial charge is 0.392 e. The van der Waals surface area contributed by atoms with E-state index in [1.54, 1.807) is 0 Å². The van der Waals surface area contributed by atoms with Gasteiger partial charge in [0.25, 0.3) is 0 Å². The van der Waals surface area contributed by atoms with Crippen LogP contribution in [0.3, 0.4) is 0 Å². The smallest absolute Gasteiger partial charge is 0.0870 e.